The summed E-state index contributed by atoms with van der Waals surface area (Å²) >= 11 is 1.43. The van der Waals surface area contributed by atoms with Crippen molar-refractivity contribution in [2.45, 2.75) is 44.7 Å². The van der Waals surface area contributed by atoms with Gasteiger partial charge in [0.15, 0.2) is 0 Å². The largest absolute Gasteiger partial charge is 0.465 e. The summed E-state index contributed by atoms with van der Waals surface area (Å²) < 4.78 is 10.5. The van der Waals surface area contributed by atoms with E-state index in [1.54, 1.807) is 25.7 Å². The average Bonchev–Trinajstić information content (AvgIpc) is 2.42. The van der Waals surface area contributed by atoms with Gasteiger partial charge in [0.1, 0.15) is 29.0 Å². The van der Waals surface area contributed by atoms with Crippen molar-refractivity contribution in [1.29, 1.82) is 0 Å². The molecule has 3 atom stereocenters. The number of hydrogen-bond donors (Lipinski definition) is 1. The highest BCUT2D eigenvalue weighted by atomic mass is 35.5. The topological polar surface area (TPSA) is 98.9 Å². The predicted octanol–water partition coefficient (Wildman–Crippen LogP) is 0.542. The first-order chi connectivity index (χ1) is 10.1. The first kappa shape index (κ1) is 20.1. The van der Waals surface area contributed by atoms with Crippen LogP contribution in [0.3, 0.4) is 0 Å². The Labute approximate surface area is 146 Å². The fraction of sp³-hybridized carbons (Fsp3) is 0.786. The highest BCUT2D eigenvalue weighted by Crippen LogP contribution is 2.42. The molecule has 0 aromatic carbocycles. The van der Waals surface area contributed by atoms with Gasteiger partial charge in [0.25, 0.3) is 0 Å². The Balaban J connectivity index is 0.00000264. The standard InChI is InChI=1S/C14H22N2O5S.ClH/c1-8(17)20-6-14(12(19)21-13(2,3)4)5-16-10(18)9(15)11(16)22-7-14;/h9,11H,5-7,15H2,1-4H3;1H/t9?,11-,14?;/m1./s1. The maximum Gasteiger partial charge on any atom is 0.318 e. The summed E-state index contributed by atoms with van der Waals surface area (Å²) in [5.74, 6) is -0.715. The van der Waals surface area contributed by atoms with Crippen molar-refractivity contribution in [2.75, 3.05) is 18.9 Å². The van der Waals surface area contributed by atoms with Crippen molar-refractivity contribution in [3.05, 3.63) is 0 Å². The zero-order valence-corrected chi connectivity index (χ0v) is 15.3. The minimum absolute atomic E-state index is 0. The van der Waals surface area contributed by atoms with E-state index in [-0.39, 0.29) is 36.8 Å². The Morgan fingerprint density at radius 2 is 2.04 bits per heavy atom. The van der Waals surface area contributed by atoms with Crippen LogP contribution in [-0.4, -0.2) is 58.7 Å². The Kier molecular flexibility index (Phi) is 5.98. The van der Waals surface area contributed by atoms with Crippen molar-refractivity contribution < 1.29 is 23.9 Å². The molecule has 2 aliphatic rings. The van der Waals surface area contributed by atoms with Crippen LogP contribution < -0.4 is 5.73 Å². The highest BCUT2D eigenvalue weighted by Gasteiger charge is 2.57. The Morgan fingerprint density at radius 3 is 2.57 bits per heavy atom. The number of halogens is 1. The van der Waals surface area contributed by atoms with Crippen molar-refractivity contribution >= 4 is 42.0 Å². The second-order valence-corrected chi connectivity index (χ2v) is 7.86. The Hall–Kier alpha value is -0.990. The van der Waals surface area contributed by atoms with Gasteiger partial charge in [0.05, 0.1) is 0 Å². The zero-order valence-electron chi connectivity index (χ0n) is 13.7. The molecule has 7 nitrogen and oxygen atoms in total. The molecule has 132 valence electrons. The van der Waals surface area contributed by atoms with Gasteiger partial charge in [-0.3, -0.25) is 14.4 Å². The molecule has 0 radical (unpaired) electrons. The maximum absolute atomic E-state index is 12.6. The van der Waals surface area contributed by atoms with E-state index < -0.39 is 29.0 Å². The number of carbonyl (C=O) groups is 3. The normalized spacial score (nSPS) is 29.8. The number of hydrogen-bond acceptors (Lipinski definition) is 7. The van der Waals surface area contributed by atoms with E-state index in [0.29, 0.717) is 5.75 Å². The third kappa shape index (κ3) is 4.10. The maximum atomic E-state index is 12.6. The minimum atomic E-state index is -1.05. The van der Waals surface area contributed by atoms with Crippen molar-refractivity contribution in [3.63, 3.8) is 0 Å². The van der Waals surface area contributed by atoms with E-state index >= 15 is 0 Å². The summed E-state index contributed by atoms with van der Waals surface area (Å²) in [5.41, 5.74) is 4.05. The monoisotopic (exact) mass is 366 g/mol. The van der Waals surface area contributed by atoms with Gasteiger partial charge in [-0.05, 0) is 20.8 Å². The molecular weight excluding hydrogens is 344 g/mol. The molecule has 0 aliphatic carbocycles. The van der Waals surface area contributed by atoms with Crippen LogP contribution in [0.4, 0.5) is 0 Å². The molecule has 2 saturated heterocycles. The number of carbonyl (C=O) groups excluding carboxylic acids is 3. The number of amides is 1. The number of β-lactam (4-membered cyclic amide) rings is 1. The van der Waals surface area contributed by atoms with Crippen LogP contribution in [0.15, 0.2) is 0 Å². The lowest BCUT2D eigenvalue weighted by Crippen LogP contribution is -2.72. The molecule has 2 aliphatic heterocycles. The lowest BCUT2D eigenvalue weighted by molar-refractivity contribution is -0.176. The van der Waals surface area contributed by atoms with Gasteiger partial charge in [-0.15, -0.1) is 24.2 Å². The smallest absolute Gasteiger partial charge is 0.318 e. The molecule has 2 fully saturated rings. The third-order valence-corrected chi connectivity index (χ3v) is 5.18. The summed E-state index contributed by atoms with van der Waals surface area (Å²) in [6, 6.07) is -0.518. The van der Waals surface area contributed by atoms with Crippen molar-refractivity contribution in [3.8, 4) is 0 Å². The number of thioether (sulfide) groups is 1. The number of esters is 2. The van der Waals surface area contributed by atoms with E-state index in [0.717, 1.165) is 0 Å². The van der Waals surface area contributed by atoms with E-state index in [4.69, 9.17) is 15.2 Å². The number of rotatable bonds is 3. The Bertz CT molecular complexity index is 510. The second kappa shape index (κ2) is 6.86. The third-order valence-electron chi connectivity index (χ3n) is 3.57. The fourth-order valence-corrected chi connectivity index (χ4v) is 3.89. The first-order valence-electron chi connectivity index (χ1n) is 7.10. The summed E-state index contributed by atoms with van der Waals surface area (Å²) in [7, 11) is 0. The molecule has 2 heterocycles. The molecule has 23 heavy (non-hydrogen) atoms. The molecule has 0 saturated carbocycles. The first-order valence-corrected chi connectivity index (χ1v) is 8.15. The van der Waals surface area contributed by atoms with Crippen LogP contribution in [0.5, 0.6) is 0 Å². The van der Waals surface area contributed by atoms with Gasteiger partial charge in [-0.25, -0.2) is 0 Å². The van der Waals surface area contributed by atoms with Crippen molar-refractivity contribution in [1.82, 2.24) is 4.90 Å². The van der Waals surface area contributed by atoms with Gasteiger partial charge < -0.3 is 20.1 Å². The molecule has 2 unspecified atom stereocenters. The summed E-state index contributed by atoms with van der Waals surface area (Å²) in [5, 5.41) is -0.111. The molecule has 2 N–H and O–H groups in total. The molecule has 0 aromatic rings. The minimum Gasteiger partial charge on any atom is -0.465 e. The summed E-state index contributed by atoms with van der Waals surface area (Å²) in [6.07, 6.45) is 0. The van der Waals surface area contributed by atoms with E-state index in [1.165, 1.54) is 18.7 Å². The zero-order chi connectivity index (χ0) is 16.7. The van der Waals surface area contributed by atoms with Crippen molar-refractivity contribution in [2.24, 2.45) is 11.1 Å². The molecule has 9 heteroatoms. The quantitative estimate of drug-likeness (QED) is 0.575. The fourth-order valence-electron chi connectivity index (χ4n) is 2.42. The molecule has 0 spiro atoms. The SMILES string of the molecule is CC(=O)OCC1(C(=O)OC(C)(C)C)CS[C@@H]2C(N)C(=O)N2C1.Cl. The number of fused-ring (bicyclic) bond motifs is 1. The van der Waals surface area contributed by atoms with Crippen LogP contribution in [-0.2, 0) is 23.9 Å². The second-order valence-electron chi connectivity index (χ2n) is 6.76. The van der Waals surface area contributed by atoms with Crippen LogP contribution in [0, 0.1) is 5.41 Å². The molecule has 0 bridgehead atoms. The summed E-state index contributed by atoms with van der Waals surface area (Å²) in [6.45, 7) is 6.66. The molecular formula is C14H23ClN2O5S. The molecule has 2 rings (SSSR count). The Morgan fingerprint density at radius 1 is 1.43 bits per heavy atom. The van der Waals surface area contributed by atoms with Crippen LogP contribution in [0.1, 0.15) is 27.7 Å². The van der Waals surface area contributed by atoms with E-state index in [1.807, 2.05) is 0 Å². The van der Waals surface area contributed by atoms with Gasteiger partial charge in [-0.1, -0.05) is 0 Å². The van der Waals surface area contributed by atoms with Gasteiger partial charge >= 0.3 is 11.9 Å². The van der Waals surface area contributed by atoms with E-state index in [2.05, 4.69) is 0 Å². The number of nitrogens with two attached hydrogens (primary N) is 1. The number of nitrogens with zero attached hydrogens (tertiary/aromatic N) is 1. The molecule has 1 amide bonds. The lowest BCUT2D eigenvalue weighted by atomic mass is 9.87. The van der Waals surface area contributed by atoms with Gasteiger partial charge in [0, 0.05) is 19.2 Å². The van der Waals surface area contributed by atoms with Crippen LogP contribution in [0.2, 0.25) is 0 Å². The van der Waals surface area contributed by atoms with E-state index in [9.17, 15) is 14.4 Å². The van der Waals surface area contributed by atoms with Gasteiger partial charge in [-0.2, -0.15) is 0 Å². The van der Waals surface area contributed by atoms with Crippen LogP contribution >= 0.6 is 24.2 Å². The molecule has 0 aromatic heterocycles. The average molecular weight is 367 g/mol. The highest BCUT2D eigenvalue weighted by molar-refractivity contribution is 8.00. The van der Waals surface area contributed by atoms with Crippen LogP contribution in [0.25, 0.3) is 0 Å². The summed E-state index contributed by atoms with van der Waals surface area (Å²) in [4.78, 5) is 37.2. The number of ether oxygens (including phenoxy) is 2. The van der Waals surface area contributed by atoms with Gasteiger partial charge in [0.2, 0.25) is 5.91 Å². The lowest BCUT2D eigenvalue weighted by Gasteiger charge is -2.53. The predicted molar refractivity (Wildman–Crippen MR) is 88.1 cm³/mol.